The summed E-state index contributed by atoms with van der Waals surface area (Å²) in [5, 5.41) is 6.29. The van der Waals surface area contributed by atoms with Crippen molar-refractivity contribution in [3.8, 4) is 0 Å². The van der Waals surface area contributed by atoms with Crippen LogP contribution < -0.4 is 10.6 Å². The van der Waals surface area contributed by atoms with E-state index in [1.165, 1.54) is 6.42 Å². The second-order valence-electron chi connectivity index (χ2n) is 5.63. The lowest BCUT2D eigenvalue weighted by Gasteiger charge is -2.15. The van der Waals surface area contributed by atoms with Crippen LogP contribution in [0.5, 0.6) is 0 Å². The minimum Gasteiger partial charge on any atom is -0.369 e. The molecule has 0 radical (unpaired) electrons. The second kappa shape index (κ2) is 10.5. The average molecular weight is 293 g/mol. The van der Waals surface area contributed by atoms with Gasteiger partial charge in [0.15, 0.2) is 0 Å². The van der Waals surface area contributed by atoms with Crippen LogP contribution in [0.15, 0.2) is 0 Å². The highest BCUT2D eigenvalue weighted by Crippen LogP contribution is 2.10. The molecule has 1 rings (SSSR count). The molecule has 19 heavy (non-hydrogen) atoms. The summed E-state index contributed by atoms with van der Waals surface area (Å²) < 4.78 is 5.51. The molecular formula is C14H29ClN2O2. The summed E-state index contributed by atoms with van der Waals surface area (Å²) in [5.41, 5.74) is 0. The highest BCUT2D eigenvalue weighted by Gasteiger charge is 2.16. The Kier molecular flexibility index (Phi) is 10.3. The fourth-order valence-corrected chi connectivity index (χ4v) is 2.06. The second-order valence-corrected chi connectivity index (χ2v) is 5.63. The Bertz CT molecular complexity index is 244. The third-order valence-corrected chi connectivity index (χ3v) is 3.45. The van der Waals surface area contributed by atoms with E-state index in [1.54, 1.807) is 0 Å². The number of ether oxygens (including phenoxy) is 1. The van der Waals surface area contributed by atoms with Crippen molar-refractivity contribution in [1.82, 2.24) is 10.6 Å². The molecule has 0 saturated carbocycles. The van der Waals surface area contributed by atoms with E-state index in [4.69, 9.17) is 4.74 Å². The van der Waals surface area contributed by atoms with Crippen LogP contribution in [0.25, 0.3) is 0 Å². The Morgan fingerprint density at radius 1 is 1.42 bits per heavy atom. The number of amides is 1. The van der Waals surface area contributed by atoms with Gasteiger partial charge in [-0.05, 0) is 51.1 Å². The average Bonchev–Trinajstić information content (AvgIpc) is 2.81. The summed E-state index contributed by atoms with van der Waals surface area (Å²) in [6, 6.07) is 0. The zero-order valence-corrected chi connectivity index (χ0v) is 13.2. The minimum absolute atomic E-state index is 0. The van der Waals surface area contributed by atoms with Gasteiger partial charge in [0.2, 0.25) is 5.91 Å². The Hall–Kier alpha value is -0.320. The SMILES string of the molecule is CC(C)CCOC(C)C(=O)NCCC1CCNC1.Cl. The molecule has 0 aromatic rings. The first-order chi connectivity index (χ1) is 8.59. The third kappa shape index (κ3) is 8.45. The molecule has 4 nitrogen and oxygen atoms in total. The van der Waals surface area contributed by atoms with Gasteiger partial charge in [-0.2, -0.15) is 0 Å². The number of halogens is 1. The zero-order chi connectivity index (χ0) is 13.4. The third-order valence-electron chi connectivity index (χ3n) is 3.45. The first-order valence-electron chi connectivity index (χ1n) is 7.19. The lowest BCUT2D eigenvalue weighted by molar-refractivity contribution is -0.131. The molecule has 2 atom stereocenters. The molecule has 114 valence electrons. The smallest absolute Gasteiger partial charge is 0.248 e. The molecule has 1 amide bonds. The standard InChI is InChI=1S/C14H28N2O2.ClH/c1-11(2)6-9-18-12(3)14(17)16-8-5-13-4-7-15-10-13;/h11-13,15H,4-10H2,1-3H3,(H,16,17);1H. The van der Waals surface area contributed by atoms with Crippen molar-refractivity contribution in [1.29, 1.82) is 0 Å². The molecule has 0 aliphatic carbocycles. The van der Waals surface area contributed by atoms with Crippen LogP contribution in [0, 0.1) is 11.8 Å². The van der Waals surface area contributed by atoms with Crippen molar-refractivity contribution in [3.63, 3.8) is 0 Å². The highest BCUT2D eigenvalue weighted by molar-refractivity contribution is 5.85. The topological polar surface area (TPSA) is 50.4 Å². The van der Waals surface area contributed by atoms with Crippen LogP contribution in [-0.4, -0.2) is 38.3 Å². The van der Waals surface area contributed by atoms with Gasteiger partial charge in [-0.25, -0.2) is 0 Å². The van der Waals surface area contributed by atoms with Crippen LogP contribution >= 0.6 is 12.4 Å². The molecule has 1 heterocycles. The van der Waals surface area contributed by atoms with Gasteiger partial charge in [0, 0.05) is 13.2 Å². The molecule has 2 N–H and O–H groups in total. The lowest BCUT2D eigenvalue weighted by atomic mass is 10.1. The van der Waals surface area contributed by atoms with Crippen molar-refractivity contribution in [2.45, 2.75) is 46.1 Å². The number of carbonyl (C=O) groups excluding carboxylic acids is 1. The predicted molar refractivity (Wildman–Crippen MR) is 80.7 cm³/mol. The maximum atomic E-state index is 11.7. The normalized spacial score (nSPS) is 20.1. The van der Waals surface area contributed by atoms with Crippen LogP contribution in [0.2, 0.25) is 0 Å². The maximum absolute atomic E-state index is 11.7. The predicted octanol–water partition coefficient (Wildman–Crippen LogP) is 1.98. The summed E-state index contributed by atoms with van der Waals surface area (Å²) in [4.78, 5) is 11.7. The number of rotatable bonds is 8. The van der Waals surface area contributed by atoms with Gasteiger partial charge < -0.3 is 15.4 Å². The van der Waals surface area contributed by atoms with Crippen molar-refractivity contribution < 1.29 is 9.53 Å². The molecule has 0 aromatic heterocycles. The van der Waals surface area contributed by atoms with E-state index in [0.29, 0.717) is 12.5 Å². The van der Waals surface area contributed by atoms with E-state index >= 15 is 0 Å². The maximum Gasteiger partial charge on any atom is 0.248 e. The van der Waals surface area contributed by atoms with Crippen LogP contribution in [0.4, 0.5) is 0 Å². The molecule has 1 aliphatic rings. The van der Waals surface area contributed by atoms with E-state index in [-0.39, 0.29) is 24.4 Å². The van der Waals surface area contributed by atoms with Crippen LogP contribution in [0.3, 0.4) is 0 Å². The number of carbonyl (C=O) groups is 1. The van der Waals surface area contributed by atoms with Crippen LogP contribution in [-0.2, 0) is 9.53 Å². The highest BCUT2D eigenvalue weighted by atomic mass is 35.5. The molecule has 2 unspecified atom stereocenters. The molecule has 1 fully saturated rings. The summed E-state index contributed by atoms with van der Waals surface area (Å²) in [5.74, 6) is 1.36. The van der Waals surface area contributed by atoms with Gasteiger partial charge in [-0.3, -0.25) is 4.79 Å². The van der Waals surface area contributed by atoms with Crippen molar-refractivity contribution in [3.05, 3.63) is 0 Å². The number of nitrogens with one attached hydrogen (secondary N) is 2. The first kappa shape index (κ1) is 18.7. The zero-order valence-electron chi connectivity index (χ0n) is 12.4. The molecule has 1 saturated heterocycles. The van der Waals surface area contributed by atoms with Crippen LogP contribution in [0.1, 0.15) is 40.0 Å². The van der Waals surface area contributed by atoms with Crippen molar-refractivity contribution in [2.75, 3.05) is 26.2 Å². The molecule has 1 aliphatic heterocycles. The minimum atomic E-state index is -0.328. The van der Waals surface area contributed by atoms with Gasteiger partial charge in [0.1, 0.15) is 6.10 Å². The lowest BCUT2D eigenvalue weighted by Crippen LogP contribution is -2.36. The summed E-state index contributed by atoms with van der Waals surface area (Å²) in [6.07, 6.45) is 2.98. The van der Waals surface area contributed by atoms with E-state index in [1.807, 2.05) is 6.92 Å². The largest absolute Gasteiger partial charge is 0.369 e. The molecule has 0 spiro atoms. The Labute approximate surface area is 123 Å². The van der Waals surface area contributed by atoms with E-state index in [9.17, 15) is 4.79 Å². The molecule has 0 aromatic carbocycles. The van der Waals surface area contributed by atoms with Crippen molar-refractivity contribution >= 4 is 18.3 Å². The summed E-state index contributed by atoms with van der Waals surface area (Å²) in [6.45, 7) is 9.78. The van der Waals surface area contributed by atoms with Gasteiger partial charge in [0.25, 0.3) is 0 Å². The van der Waals surface area contributed by atoms with Gasteiger partial charge in [0.05, 0.1) is 0 Å². The summed E-state index contributed by atoms with van der Waals surface area (Å²) in [7, 11) is 0. The quantitative estimate of drug-likeness (QED) is 0.719. The Balaban J connectivity index is 0.00000324. The fraction of sp³-hybridized carbons (Fsp3) is 0.929. The fourth-order valence-electron chi connectivity index (χ4n) is 2.06. The Morgan fingerprint density at radius 3 is 2.74 bits per heavy atom. The first-order valence-corrected chi connectivity index (χ1v) is 7.19. The summed E-state index contributed by atoms with van der Waals surface area (Å²) >= 11 is 0. The molecular weight excluding hydrogens is 264 g/mol. The molecule has 5 heteroatoms. The monoisotopic (exact) mass is 292 g/mol. The molecule has 0 bridgehead atoms. The van der Waals surface area contributed by atoms with Crippen molar-refractivity contribution in [2.24, 2.45) is 11.8 Å². The number of hydrogen-bond acceptors (Lipinski definition) is 3. The van der Waals surface area contributed by atoms with E-state index in [0.717, 1.165) is 38.4 Å². The Morgan fingerprint density at radius 2 is 2.16 bits per heavy atom. The van der Waals surface area contributed by atoms with E-state index < -0.39 is 0 Å². The van der Waals surface area contributed by atoms with Gasteiger partial charge in [-0.15, -0.1) is 12.4 Å². The van der Waals surface area contributed by atoms with Gasteiger partial charge in [-0.1, -0.05) is 13.8 Å². The van der Waals surface area contributed by atoms with Gasteiger partial charge >= 0.3 is 0 Å². The number of hydrogen-bond donors (Lipinski definition) is 2. The van der Waals surface area contributed by atoms with E-state index in [2.05, 4.69) is 24.5 Å².